The lowest BCUT2D eigenvalue weighted by atomic mass is 10.0. The molecule has 1 aromatic carbocycles. The normalized spacial score (nSPS) is 16.0. The van der Waals surface area contributed by atoms with Gasteiger partial charge in [0.15, 0.2) is 5.82 Å². The first-order valence-corrected chi connectivity index (χ1v) is 9.88. The Balaban J connectivity index is 1.53. The molecule has 9 nitrogen and oxygen atoms in total. The minimum atomic E-state index is -0.0483. The van der Waals surface area contributed by atoms with E-state index in [9.17, 15) is 4.79 Å². The van der Waals surface area contributed by atoms with Gasteiger partial charge in [0.25, 0.3) is 0 Å². The lowest BCUT2D eigenvalue weighted by Crippen LogP contribution is -2.26. The van der Waals surface area contributed by atoms with Crippen LogP contribution in [0, 0.1) is 0 Å². The van der Waals surface area contributed by atoms with Crippen molar-refractivity contribution in [3.05, 3.63) is 59.5 Å². The predicted octanol–water partition coefficient (Wildman–Crippen LogP) is 3.04. The van der Waals surface area contributed by atoms with Gasteiger partial charge in [-0.3, -0.25) is 14.3 Å². The first-order chi connectivity index (χ1) is 14.5. The van der Waals surface area contributed by atoms with Crippen LogP contribution in [0.2, 0.25) is 5.02 Å². The first-order valence-electron chi connectivity index (χ1n) is 9.50. The number of likely N-dealkylation sites (N-methyl/N-ethyl adjacent to an activating group) is 1. The summed E-state index contributed by atoms with van der Waals surface area (Å²) in [4.78, 5) is 28.0. The van der Waals surface area contributed by atoms with Gasteiger partial charge in [0.05, 0.1) is 30.7 Å². The average molecular weight is 428 g/mol. The molecule has 0 saturated carbocycles. The first kappa shape index (κ1) is 20.1. The van der Waals surface area contributed by atoms with Crippen LogP contribution >= 0.6 is 11.6 Å². The van der Waals surface area contributed by atoms with Crippen LogP contribution in [0.4, 0.5) is 17.5 Å². The van der Waals surface area contributed by atoms with Gasteiger partial charge in [-0.05, 0) is 5.56 Å². The second-order valence-electron chi connectivity index (χ2n) is 7.08. The number of carbonyl (C=O) groups is 1. The summed E-state index contributed by atoms with van der Waals surface area (Å²) in [6, 6.07) is 10.1. The highest BCUT2D eigenvalue weighted by atomic mass is 35.5. The third-order valence-corrected chi connectivity index (χ3v) is 4.98. The SMILES string of the molecule is CN(C)C(=O)Cn1cc(Nc2ncc(Cl)c(N3OCC[C@@H]3c3ccccc3)n2)cn1. The Bertz CT molecular complexity index is 1030. The van der Waals surface area contributed by atoms with Crippen LogP contribution in [0.1, 0.15) is 18.0 Å². The minimum absolute atomic E-state index is 0.0197. The molecule has 1 amide bonds. The number of nitrogens with one attached hydrogen (secondary N) is 1. The second-order valence-corrected chi connectivity index (χ2v) is 7.49. The van der Waals surface area contributed by atoms with Crippen molar-refractivity contribution in [2.75, 3.05) is 31.1 Å². The van der Waals surface area contributed by atoms with Crippen LogP contribution in [-0.2, 0) is 16.2 Å². The Labute approximate surface area is 179 Å². The number of halogens is 1. The Kier molecular flexibility index (Phi) is 5.82. The number of aromatic nitrogens is 4. The monoisotopic (exact) mass is 427 g/mol. The van der Waals surface area contributed by atoms with Crippen LogP contribution in [0.25, 0.3) is 0 Å². The van der Waals surface area contributed by atoms with Gasteiger partial charge in [-0.15, -0.1) is 0 Å². The molecule has 2 aromatic heterocycles. The zero-order valence-electron chi connectivity index (χ0n) is 16.7. The number of hydrogen-bond donors (Lipinski definition) is 1. The van der Waals surface area contributed by atoms with E-state index in [4.69, 9.17) is 16.4 Å². The summed E-state index contributed by atoms with van der Waals surface area (Å²) >= 11 is 6.39. The molecule has 0 aliphatic carbocycles. The van der Waals surface area contributed by atoms with Gasteiger partial charge in [-0.25, -0.2) is 10.0 Å². The maximum absolute atomic E-state index is 11.8. The summed E-state index contributed by atoms with van der Waals surface area (Å²) in [6.07, 6.45) is 5.70. The van der Waals surface area contributed by atoms with Crippen LogP contribution < -0.4 is 10.4 Å². The number of carbonyl (C=O) groups excluding carboxylic acids is 1. The largest absolute Gasteiger partial charge is 0.347 e. The molecule has 1 N–H and O–H groups in total. The van der Waals surface area contributed by atoms with Gasteiger partial charge in [-0.2, -0.15) is 10.1 Å². The standard InChI is InChI=1S/C20H22ClN7O2/c1-26(2)18(29)13-27-12-15(10-23-27)24-20-22-11-16(21)19(25-20)28-17(8-9-30-28)14-6-4-3-5-7-14/h3-7,10-12,17H,8-9,13H2,1-2H3,(H,22,24,25)/t17-/m1/s1. The molecule has 0 unspecified atom stereocenters. The van der Waals surface area contributed by atoms with E-state index >= 15 is 0 Å². The molecule has 30 heavy (non-hydrogen) atoms. The fraction of sp³-hybridized carbons (Fsp3) is 0.300. The molecule has 1 saturated heterocycles. The van der Waals surface area contributed by atoms with Crippen molar-refractivity contribution >= 4 is 35.0 Å². The van der Waals surface area contributed by atoms with Crippen molar-refractivity contribution in [2.24, 2.45) is 0 Å². The number of hydroxylamine groups is 1. The molecule has 4 rings (SSSR count). The van der Waals surface area contributed by atoms with Crippen molar-refractivity contribution in [2.45, 2.75) is 19.0 Å². The third-order valence-electron chi connectivity index (χ3n) is 4.71. The van der Waals surface area contributed by atoms with Gasteiger partial charge in [0.1, 0.15) is 11.6 Å². The molecule has 1 aliphatic heterocycles. The highest BCUT2D eigenvalue weighted by Gasteiger charge is 2.30. The zero-order valence-corrected chi connectivity index (χ0v) is 17.5. The second kappa shape index (κ2) is 8.68. The summed E-state index contributed by atoms with van der Waals surface area (Å²) in [5.41, 5.74) is 1.79. The predicted molar refractivity (Wildman–Crippen MR) is 113 cm³/mol. The van der Waals surface area contributed by atoms with Gasteiger partial charge in [-0.1, -0.05) is 41.9 Å². The Morgan fingerprint density at radius 2 is 2.10 bits per heavy atom. The molecule has 1 aliphatic rings. The number of hydrogen-bond acceptors (Lipinski definition) is 7. The Morgan fingerprint density at radius 1 is 1.30 bits per heavy atom. The van der Waals surface area contributed by atoms with Gasteiger partial charge in [0.2, 0.25) is 11.9 Å². The van der Waals surface area contributed by atoms with Crippen LogP contribution in [0.15, 0.2) is 48.9 Å². The summed E-state index contributed by atoms with van der Waals surface area (Å²) in [7, 11) is 3.41. The van der Waals surface area contributed by atoms with Crippen LogP contribution in [0.5, 0.6) is 0 Å². The van der Waals surface area contributed by atoms with E-state index in [-0.39, 0.29) is 18.5 Å². The average Bonchev–Trinajstić information content (AvgIpc) is 3.39. The summed E-state index contributed by atoms with van der Waals surface area (Å²) in [5, 5.41) is 9.43. The quantitative estimate of drug-likeness (QED) is 0.646. The third kappa shape index (κ3) is 4.37. The maximum Gasteiger partial charge on any atom is 0.243 e. The van der Waals surface area contributed by atoms with E-state index in [0.29, 0.717) is 29.1 Å². The summed E-state index contributed by atoms with van der Waals surface area (Å²) in [5.74, 6) is 0.804. The molecule has 0 radical (unpaired) electrons. The smallest absolute Gasteiger partial charge is 0.243 e. The van der Waals surface area contributed by atoms with Gasteiger partial charge in [0, 0.05) is 26.7 Å². The van der Waals surface area contributed by atoms with E-state index in [0.717, 1.165) is 12.0 Å². The number of nitrogens with zero attached hydrogens (tertiary/aromatic N) is 6. The van der Waals surface area contributed by atoms with Crippen LogP contribution in [0.3, 0.4) is 0 Å². The van der Waals surface area contributed by atoms with Crippen LogP contribution in [-0.4, -0.2) is 51.3 Å². The molecule has 3 heterocycles. The molecule has 156 valence electrons. The van der Waals surface area contributed by atoms with E-state index in [1.165, 1.54) is 11.1 Å². The van der Waals surface area contributed by atoms with E-state index < -0.39 is 0 Å². The summed E-state index contributed by atoms with van der Waals surface area (Å²) < 4.78 is 1.55. The van der Waals surface area contributed by atoms with Gasteiger partial charge >= 0.3 is 0 Å². The minimum Gasteiger partial charge on any atom is -0.347 e. The van der Waals surface area contributed by atoms with Crippen molar-refractivity contribution in [3.8, 4) is 0 Å². The molecule has 0 bridgehead atoms. The zero-order chi connectivity index (χ0) is 21.1. The number of benzene rings is 1. The molecule has 10 heteroatoms. The van der Waals surface area contributed by atoms with Crippen molar-refractivity contribution in [3.63, 3.8) is 0 Å². The number of anilines is 3. The van der Waals surface area contributed by atoms with Crippen molar-refractivity contribution in [1.29, 1.82) is 0 Å². The lowest BCUT2D eigenvalue weighted by Gasteiger charge is -2.24. The molecule has 1 atom stereocenters. The fourth-order valence-corrected chi connectivity index (χ4v) is 3.33. The molecule has 3 aromatic rings. The lowest BCUT2D eigenvalue weighted by molar-refractivity contribution is -0.129. The molecular formula is C20H22ClN7O2. The van der Waals surface area contributed by atoms with E-state index in [1.54, 1.807) is 36.2 Å². The van der Waals surface area contributed by atoms with Crippen molar-refractivity contribution < 1.29 is 9.63 Å². The highest BCUT2D eigenvalue weighted by molar-refractivity contribution is 6.32. The molecular weight excluding hydrogens is 406 g/mol. The Hall–Kier alpha value is -3.17. The number of amides is 1. The topological polar surface area (TPSA) is 88.4 Å². The molecule has 0 spiro atoms. The van der Waals surface area contributed by atoms with Gasteiger partial charge < -0.3 is 10.2 Å². The van der Waals surface area contributed by atoms with E-state index in [1.807, 2.05) is 18.2 Å². The van der Waals surface area contributed by atoms with Crippen molar-refractivity contribution in [1.82, 2.24) is 24.6 Å². The van der Waals surface area contributed by atoms with E-state index in [2.05, 4.69) is 32.5 Å². The summed E-state index contributed by atoms with van der Waals surface area (Å²) in [6.45, 7) is 0.733. The molecule has 1 fully saturated rings. The number of rotatable bonds is 6. The maximum atomic E-state index is 11.8. The Morgan fingerprint density at radius 3 is 2.87 bits per heavy atom. The highest BCUT2D eigenvalue weighted by Crippen LogP contribution is 2.37. The fourth-order valence-electron chi connectivity index (χ4n) is 3.15.